The number of carbonyl (C=O) groups excluding carboxylic acids is 1. The number of hydrogen-bond donors (Lipinski definition) is 0. The molecular formula is C17H25NO2. The monoisotopic (exact) mass is 275 g/mol. The van der Waals surface area contributed by atoms with Crippen LogP contribution in [0, 0.1) is 0 Å². The van der Waals surface area contributed by atoms with Gasteiger partial charge in [0, 0.05) is 12.6 Å². The van der Waals surface area contributed by atoms with Crippen molar-refractivity contribution in [3.63, 3.8) is 0 Å². The lowest BCUT2D eigenvalue weighted by Crippen LogP contribution is -2.32. The largest absolute Gasteiger partial charge is 0.469 e. The topological polar surface area (TPSA) is 29.5 Å². The number of nitrogens with zero attached hydrogens (tertiary/aromatic N) is 1. The van der Waals surface area contributed by atoms with Crippen molar-refractivity contribution >= 4 is 5.97 Å². The highest BCUT2D eigenvalue weighted by atomic mass is 16.5. The fourth-order valence-corrected chi connectivity index (χ4v) is 2.90. The molecule has 1 fully saturated rings. The molecule has 1 aliphatic rings. The minimum absolute atomic E-state index is 0.165. The molecule has 0 spiro atoms. The molecule has 110 valence electrons. The smallest absolute Gasteiger partial charge is 0.309 e. The molecule has 1 aromatic carbocycles. The molecule has 0 radical (unpaired) electrons. The van der Waals surface area contributed by atoms with Crippen LogP contribution in [0.2, 0.25) is 0 Å². The summed E-state index contributed by atoms with van der Waals surface area (Å²) >= 11 is 0. The minimum atomic E-state index is -0.165. The van der Waals surface area contributed by atoms with Crippen LogP contribution >= 0.6 is 0 Å². The number of ether oxygens (including phenoxy) is 1. The SMILES string of the molecule is COC(=O)Cc1ccccc1CN1CCCCCC1C. The zero-order valence-electron chi connectivity index (χ0n) is 12.6. The van der Waals surface area contributed by atoms with E-state index in [0.29, 0.717) is 12.5 Å². The van der Waals surface area contributed by atoms with Crippen LogP contribution in [-0.4, -0.2) is 30.6 Å². The third-order valence-corrected chi connectivity index (χ3v) is 4.24. The Kier molecular flexibility index (Phi) is 5.60. The van der Waals surface area contributed by atoms with E-state index >= 15 is 0 Å². The van der Waals surface area contributed by atoms with Gasteiger partial charge in [-0.3, -0.25) is 9.69 Å². The van der Waals surface area contributed by atoms with Gasteiger partial charge in [0.25, 0.3) is 0 Å². The second-order valence-corrected chi connectivity index (χ2v) is 5.69. The number of benzene rings is 1. The predicted molar refractivity (Wildman–Crippen MR) is 80.5 cm³/mol. The van der Waals surface area contributed by atoms with Crippen molar-refractivity contribution in [3.05, 3.63) is 35.4 Å². The van der Waals surface area contributed by atoms with Gasteiger partial charge in [-0.2, -0.15) is 0 Å². The van der Waals surface area contributed by atoms with Crippen molar-refractivity contribution in [1.29, 1.82) is 0 Å². The van der Waals surface area contributed by atoms with Crippen LogP contribution in [0.3, 0.4) is 0 Å². The Morgan fingerprint density at radius 3 is 2.75 bits per heavy atom. The molecule has 0 amide bonds. The lowest BCUT2D eigenvalue weighted by Gasteiger charge is -2.27. The first kappa shape index (κ1) is 15.0. The number of likely N-dealkylation sites (tertiary alicyclic amines) is 1. The first-order valence-corrected chi connectivity index (χ1v) is 7.58. The molecule has 0 bridgehead atoms. The third-order valence-electron chi connectivity index (χ3n) is 4.24. The van der Waals surface area contributed by atoms with Crippen LogP contribution in [0.15, 0.2) is 24.3 Å². The van der Waals surface area contributed by atoms with Crippen molar-refractivity contribution < 1.29 is 9.53 Å². The summed E-state index contributed by atoms with van der Waals surface area (Å²) in [5, 5.41) is 0. The van der Waals surface area contributed by atoms with Gasteiger partial charge in [0.05, 0.1) is 13.5 Å². The highest BCUT2D eigenvalue weighted by Crippen LogP contribution is 2.20. The van der Waals surface area contributed by atoms with Crippen LogP contribution in [0.1, 0.15) is 43.7 Å². The zero-order valence-corrected chi connectivity index (χ0v) is 12.6. The molecule has 3 nitrogen and oxygen atoms in total. The van der Waals surface area contributed by atoms with E-state index in [-0.39, 0.29) is 5.97 Å². The zero-order chi connectivity index (χ0) is 14.4. The predicted octanol–water partition coefficient (Wildman–Crippen LogP) is 3.17. The Balaban J connectivity index is 2.09. The molecule has 2 rings (SSSR count). The summed E-state index contributed by atoms with van der Waals surface area (Å²) in [6.07, 6.45) is 5.60. The van der Waals surface area contributed by atoms with Gasteiger partial charge in [0.1, 0.15) is 0 Å². The highest BCUT2D eigenvalue weighted by molar-refractivity contribution is 5.72. The highest BCUT2D eigenvalue weighted by Gasteiger charge is 2.18. The summed E-state index contributed by atoms with van der Waals surface area (Å²) in [4.78, 5) is 14.1. The van der Waals surface area contributed by atoms with Crippen LogP contribution in [0.4, 0.5) is 0 Å². The lowest BCUT2D eigenvalue weighted by molar-refractivity contribution is -0.139. The van der Waals surface area contributed by atoms with Gasteiger partial charge in [-0.05, 0) is 37.4 Å². The van der Waals surface area contributed by atoms with Gasteiger partial charge in [0.15, 0.2) is 0 Å². The Labute approximate surface area is 121 Å². The maximum atomic E-state index is 11.5. The Morgan fingerprint density at radius 1 is 1.25 bits per heavy atom. The normalized spacial score (nSPS) is 20.4. The number of carbonyl (C=O) groups is 1. The van der Waals surface area contributed by atoms with Crippen molar-refractivity contribution in [2.75, 3.05) is 13.7 Å². The maximum Gasteiger partial charge on any atom is 0.309 e. The van der Waals surface area contributed by atoms with E-state index < -0.39 is 0 Å². The standard InChI is InChI=1S/C17H25NO2/c1-14-8-4-3-7-11-18(14)13-16-10-6-5-9-15(16)12-17(19)20-2/h5-6,9-10,14H,3-4,7-8,11-13H2,1-2H3. The molecule has 0 N–H and O–H groups in total. The Morgan fingerprint density at radius 2 is 2.00 bits per heavy atom. The van der Waals surface area contributed by atoms with Crippen LogP contribution in [-0.2, 0) is 22.5 Å². The fraction of sp³-hybridized carbons (Fsp3) is 0.588. The quantitative estimate of drug-likeness (QED) is 0.791. The molecule has 3 heteroatoms. The summed E-state index contributed by atoms with van der Waals surface area (Å²) in [7, 11) is 1.45. The van der Waals surface area contributed by atoms with E-state index in [0.717, 1.165) is 18.7 Å². The lowest BCUT2D eigenvalue weighted by atomic mass is 10.0. The summed E-state index contributed by atoms with van der Waals surface area (Å²) in [6, 6.07) is 8.85. The second-order valence-electron chi connectivity index (χ2n) is 5.69. The number of esters is 1. The number of rotatable bonds is 4. The third kappa shape index (κ3) is 4.07. The molecule has 1 atom stereocenters. The molecule has 1 unspecified atom stereocenters. The van der Waals surface area contributed by atoms with E-state index in [9.17, 15) is 4.79 Å². The van der Waals surface area contributed by atoms with E-state index in [2.05, 4.69) is 24.0 Å². The maximum absolute atomic E-state index is 11.5. The van der Waals surface area contributed by atoms with Crippen LogP contribution < -0.4 is 0 Å². The Bertz CT molecular complexity index is 444. The van der Waals surface area contributed by atoms with Crippen molar-refractivity contribution in [3.8, 4) is 0 Å². The molecule has 0 aromatic heterocycles. The van der Waals surface area contributed by atoms with Gasteiger partial charge in [-0.15, -0.1) is 0 Å². The average Bonchev–Trinajstić information content (AvgIpc) is 2.66. The molecule has 1 saturated heterocycles. The van der Waals surface area contributed by atoms with Gasteiger partial charge >= 0.3 is 5.97 Å². The number of methoxy groups -OCH3 is 1. The van der Waals surface area contributed by atoms with Crippen LogP contribution in [0.5, 0.6) is 0 Å². The van der Waals surface area contributed by atoms with E-state index in [1.54, 1.807) is 0 Å². The van der Waals surface area contributed by atoms with E-state index in [1.807, 2.05) is 12.1 Å². The molecule has 20 heavy (non-hydrogen) atoms. The molecule has 0 saturated carbocycles. The summed E-state index contributed by atoms with van der Waals surface area (Å²) in [5.41, 5.74) is 2.35. The molecule has 1 aliphatic heterocycles. The van der Waals surface area contributed by atoms with Gasteiger partial charge in [-0.1, -0.05) is 37.1 Å². The minimum Gasteiger partial charge on any atom is -0.469 e. The fourth-order valence-electron chi connectivity index (χ4n) is 2.90. The van der Waals surface area contributed by atoms with Crippen molar-refractivity contribution in [2.45, 2.75) is 51.6 Å². The summed E-state index contributed by atoms with van der Waals surface area (Å²) < 4.78 is 4.79. The molecule has 1 heterocycles. The van der Waals surface area contributed by atoms with Gasteiger partial charge in [0.2, 0.25) is 0 Å². The second kappa shape index (κ2) is 7.44. The molecular weight excluding hydrogens is 250 g/mol. The van der Waals surface area contributed by atoms with Crippen molar-refractivity contribution in [1.82, 2.24) is 4.90 Å². The molecule has 0 aliphatic carbocycles. The van der Waals surface area contributed by atoms with Crippen LogP contribution in [0.25, 0.3) is 0 Å². The van der Waals surface area contributed by atoms with E-state index in [4.69, 9.17) is 4.74 Å². The first-order valence-electron chi connectivity index (χ1n) is 7.58. The van der Waals surface area contributed by atoms with E-state index in [1.165, 1.54) is 38.4 Å². The number of hydrogen-bond acceptors (Lipinski definition) is 3. The molecule has 1 aromatic rings. The summed E-state index contributed by atoms with van der Waals surface area (Å²) in [5.74, 6) is -0.165. The first-order chi connectivity index (χ1) is 9.70. The Hall–Kier alpha value is -1.35. The van der Waals surface area contributed by atoms with Crippen molar-refractivity contribution in [2.24, 2.45) is 0 Å². The van der Waals surface area contributed by atoms with Gasteiger partial charge < -0.3 is 4.74 Å². The van der Waals surface area contributed by atoms with Gasteiger partial charge in [-0.25, -0.2) is 0 Å². The average molecular weight is 275 g/mol. The summed E-state index contributed by atoms with van der Waals surface area (Å²) in [6.45, 7) is 4.41.